The van der Waals surface area contributed by atoms with Crippen molar-refractivity contribution in [1.82, 2.24) is 0 Å². The summed E-state index contributed by atoms with van der Waals surface area (Å²) < 4.78 is 5.99. The Morgan fingerprint density at radius 3 is 2.23 bits per heavy atom. The lowest BCUT2D eigenvalue weighted by Gasteiger charge is -2.24. The summed E-state index contributed by atoms with van der Waals surface area (Å²) in [6.07, 6.45) is 0.574. The van der Waals surface area contributed by atoms with Crippen LogP contribution in [0.2, 0.25) is 0 Å². The summed E-state index contributed by atoms with van der Waals surface area (Å²) in [5, 5.41) is 15.1. The van der Waals surface area contributed by atoms with E-state index in [-0.39, 0.29) is 18.1 Å². The highest BCUT2D eigenvalue weighted by Crippen LogP contribution is 2.27. The topological polar surface area (TPSA) is 95.9 Å². The molecular formula is C37H34N2O5. The van der Waals surface area contributed by atoms with Gasteiger partial charge in [0.1, 0.15) is 18.4 Å². The van der Waals surface area contributed by atoms with E-state index in [1.165, 1.54) is 0 Å². The number of nitrogens with one attached hydrogen (secondary N) is 1. The van der Waals surface area contributed by atoms with Crippen LogP contribution in [0.25, 0.3) is 10.8 Å². The predicted octanol–water partition coefficient (Wildman–Crippen LogP) is 7.00. The molecule has 0 unspecified atom stereocenters. The van der Waals surface area contributed by atoms with Crippen LogP contribution in [0.3, 0.4) is 0 Å². The van der Waals surface area contributed by atoms with Gasteiger partial charge in [0.2, 0.25) is 5.91 Å². The number of hydrogen-bond acceptors (Lipinski definition) is 5. The number of carboxylic acids is 1. The SMILES string of the molecule is CCC(=O)N(CCOc1ccc(C[C@H](Nc2ccccc2C(=O)c2ccccc2)C(=O)O)cc1)c1cccc2ccccc12. The Balaban J connectivity index is 1.23. The quantitative estimate of drug-likeness (QED) is 0.144. The molecule has 2 N–H and O–H groups in total. The van der Waals surface area contributed by atoms with Gasteiger partial charge >= 0.3 is 5.97 Å². The van der Waals surface area contributed by atoms with Gasteiger partial charge in [0.25, 0.3) is 0 Å². The molecule has 0 saturated carbocycles. The minimum atomic E-state index is -1.03. The Morgan fingerprint density at radius 1 is 0.795 bits per heavy atom. The monoisotopic (exact) mass is 586 g/mol. The lowest BCUT2D eigenvalue weighted by molar-refractivity contribution is -0.137. The number of nitrogens with zero attached hydrogens (tertiary/aromatic N) is 1. The predicted molar refractivity (Wildman–Crippen MR) is 174 cm³/mol. The number of carbonyl (C=O) groups excluding carboxylic acids is 2. The molecule has 0 heterocycles. The number of anilines is 2. The molecule has 0 aliphatic carbocycles. The number of hydrogen-bond donors (Lipinski definition) is 2. The maximum absolute atomic E-state index is 13.1. The fourth-order valence-corrected chi connectivity index (χ4v) is 5.17. The minimum Gasteiger partial charge on any atom is -0.492 e. The van der Waals surface area contributed by atoms with Crippen LogP contribution in [0.5, 0.6) is 5.75 Å². The number of carbonyl (C=O) groups is 3. The van der Waals surface area contributed by atoms with Gasteiger partial charge in [-0.3, -0.25) is 9.59 Å². The van der Waals surface area contributed by atoms with Crippen molar-refractivity contribution in [3.05, 3.63) is 138 Å². The maximum Gasteiger partial charge on any atom is 0.326 e. The van der Waals surface area contributed by atoms with E-state index in [0.717, 1.165) is 22.0 Å². The van der Waals surface area contributed by atoms with Crippen molar-refractivity contribution in [2.24, 2.45) is 0 Å². The molecule has 0 radical (unpaired) electrons. The first kappa shape index (κ1) is 30.0. The standard InChI is InChI=1S/C37H34N2O5/c1-2-35(40)39(34-18-10-14-27-11-6-7-15-30(27)34)23-24-44-29-21-19-26(20-22-29)25-33(37(42)43)38-32-17-9-8-16-31(32)36(41)28-12-4-3-5-13-28/h3-22,33,38H,2,23-25H2,1H3,(H,42,43)/t33-/m0/s1. The molecule has 1 amide bonds. The van der Waals surface area contributed by atoms with Crippen molar-refractivity contribution in [3.8, 4) is 5.75 Å². The molecule has 222 valence electrons. The van der Waals surface area contributed by atoms with E-state index in [1.807, 2.05) is 67.6 Å². The van der Waals surface area contributed by atoms with Gasteiger partial charge < -0.3 is 20.1 Å². The van der Waals surface area contributed by atoms with E-state index in [0.29, 0.717) is 42.1 Å². The number of fused-ring (bicyclic) bond motifs is 1. The smallest absolute Gasteiger partial charge is 0.326 e. The summed E-state index contributed by atoms with van der Waals surface area (Å²) >= 11 is 0. The van der Waals surface area contributed by atoms with E-state index in [2.05, 4.69) is 5.32 Å². The molecule has 7 nitrogen and oxygen atoms in total. The van der Waals surface area contributed by atoms with Crippen LogP contribution < -0.4 is 15.0 Å². The number of benzene rings is 5. The Labute approximate surface area is 256 Å². The minimum absolute atomic E-state index is 0.0135. The van der Waals surface area contributed by atoms with Gasteiger partial charge in [0.05, 0.1) is 12.2 Å². The molecule has 5 rings (SSSR count). The van der Waals surface area contributed by atoms with Crippen LogP contribution in [0.1, 0.15) is 34.8 Å². The van der Waals surface area contributed by atoms with E-state index in [1.54, 1.807) is 65.6 Å². The molecule has 0 aromatic heterocycles. The van der Waals surface area contributed by atoms with Crippen LogP contribution in [-0.4, -0.2) is 42.0 Å². The molecule has 0 fully saturated rings. The van der Waals surface area contributed by atoms with Crippen molar-refractivity contribution in [2.75, 3.05) is 23.4 Å². The zero-order valence-corrected chi connectivity index (χ0v) is 24.5. The first-order chi connectivity index (χ1) is 21.4. The normalized spacial score (nSPS) is 11.5. The van der Waals surface area contributed by atoms with Gasteiger partial charge in [-0.2, -0.15) is 0 Å². The highest BCUT2D eigenvalue weighted by Gasteiger charge is 2.22. The van der Waals surface area contributed by atoms with Gasteiger partial charge in [-0.1, -0.05) is 97.9 Å². The Kier molecular flexibility index (Phi) is 9.67. The third-order valence-corrected chi connectivity index (χ3v) is 7.44. The largest absolute Gasteiger partial charge is 0.492 e. The third-order valence-electron chi connectivity index (χ3n) is 7.44. The summed E-state index contributed by atoms with van der Waals surface area (Å²) in [4.78, 5) is 39.9. The van der Waals surface area contributed by atoms with E-state index < -0.39 is 12.0 Å². The van der Waals surface area contributed by atoms with E-state index in [4.69, 9.17) is 4.74 Å². The molecule has 5 aromatic carbocycles. The fourth-order valence-electron chi connectivity index (χ4n) is 5.17. The van der Waals surface area contributed by atoms with Crippen molar-refractivity contribution in [3.63, 3.8) is 0 Å². The highest BCUT2D eigenvalue weighted by atomic mass is 16.5. The van der Waals surface area contributed by atoms with Crippen molar-refractivity contribution >= 4 is 39.8 Å². The van der Waals surface area contributed by atoms with Crippen LogP contribution in [0.15, 0.2) is 121 Å². The maximum atomic E-state index is 13.1. The number of para-hydroxylation sites is 1. The van der Waals surface area contributed by atoms with E-state index >= 15 is 0 Å². The summed E-state index contributed by atoms with van der Waals surface area (Å²) in [5.41, 5.74) is 3.05. The fraction of sp³-hybridized carbons (Fsp3) is 0.162. The number of ketones is 1. The molecule has 5 aromatic rings. The number of aliphatic carboxylic acids is 1. The Bertz CT molecular complexity index is 1750. The number of rotatable bonds is 13. The van der Waals surface area contributed by atoms with E-state index in [9.17, 15) is 19.5 Å². The molecule has 0 aliphatic heterocycles. The molecule has 0 aliphatic rings. The van der Waals surface area contributed by atoms with Gasteiger partial charge in [-0.25, -0.2) is 4.79 Å². The third kappa shape index (κ3) is 7.13. The van der Waals surface area contributed by atoms with Crippen LogP contribution in [0.4, 0.5) is 11.4 Å². The first-order valence-electron chi connectivity index (χ1n) is 14.6. The van der Waals surface area contributed by atoms with Gasteiger partial charge in [-0.05, 0) is 41.3 Å². The lowest BCUT2D eigenvalue weighted by Crippen LogP contribution is -2.34. The zero-order chi connectivity index (χ0) is 30.9. The summed E-state index contributed by atoms with van der Waals surface area (Å²) in [6, 6.07) is 36.0. The molecular weight excluding hydrogens is 552 g/mol. The first-order valence-corrected chi connectivity index (χ1v) is 14.6. The number of amides is 1. The summed E-state index contributed by atoms with van der Waals surface area (Å²) in [7, 11) is 0. The average molecular weight is 587 g/mol. The van der Waals surface area contributed by atoms with Gasteiger partial charge in [0, 0.05) is 35.0 Å². The number of carboxylic acid groups (broad SMARTS) is 1. The molecule has 44 heavy (non-hydrogen) atoms. The second-order valence-electron chi connectivity index (χ2n) is 10.4. The average Bonchev–Trinajstić information content (AvgIpc) is 3.07. The lowest BCUT2D eigenvalue weighted by atomic mass is 10.00. The van der Waals surface area contributed by atoms with Crippen molar-refractivity contribution < 1.29 is 24.2 Å². The summed E-state index contributed by atoms with van der Waals surface area (Å²) in [6.45, 7) is 2.52. The highest BCUT2D eigenvalue weighted by molar-refractivity contribution is 6.12. The van der Waals surface area contributed by atoms with Crippen molar-refractivity contribution in [1.29, 1.82) is 0 Å². The van der Waals surface area contributed by atoms with Crippen molar-refractivity contribution in [2.45, 2.75) is 25.8 Å². The molecule has 0 bridgehead atoms. The molecule has 7 heteroatoms. The molecule has 1 atom stereocenters. The molecule has 0 spiro atoms. The Morgan fingerprint density at radius 2 is 1.48 bits per heavy atom. The van der Waals surface area contributed by atoms with Crippen LogP contribution in [0, 0.1) is 0 Å². The van der Waals surface area contributed by atoms with Gasteiger partial charge in [-0.15, -0.1) is 0 Å². The second kappa shape index (κ2) is 14.2. The van der Waals surface area contributed by atoms with Crippen LogP contribution in [-0.2, 0) is 16.0 Å². The second-order valence-corrected chi connectivity index (χ2v) is 10.4. The van der Waals surface area contributed by atoms with Gasteiger partial charge in [0.15, 0.2) is 5.78 Å². The number of ether oxygens (including phenoxy) is 1. The summed E-state index contributed by atoms with van der Waals surface area (Å²) in [5.74, 6) is -0.575. The molecule has 0 saturated heterocycles. The van der Waals surface area contributed by atoms with Crippen LogP contribution >= 0.6 is 0 Å². The Hall–Kier alpha value is -5.43. The zero-order valence-electron chi connectivity index (χ0n) is 24.5.